The summed E-state index contributed by atoms with van der Waals surface area (Å²) >= 11 is 0. The van der Waals surface area contributed by atoms with Gasteiger partial charge in [-0.2, -0.15) is 0 Å². The summed E-state index contributed by atoms with van der Waals surface area (Å²) in [6.07, 6.45) is 1.32. The minimum Gasteiger partial charge on any atom is -0.508 e. The number of amides is 1. The molecule has 6 heteroatoms. The highest BCUT2D eigenvalue weighted by molar-refractivity contribution is 5.95. The molecule has 136 valence electrons. The second-order valence-corrected chi connectivity index (χ2v) is 7.51. The van der Waals surface area contributed by atoms with Gasteiger partial charge in [-0.15, -0.1) is 0 Å². The third kappa shape index (κ3) is 2.72. The van der Waals surface area contributed by atoms with E-state index in [1.165, 1.54) is 6.07 Å². The van der Waals surface area contributed by atoms with E-state index in [-0.39, 0.29) is 29.5 Å². The van der Waals surface area contributed by atoms with E-state index in [1.807, 2.05) is 4.90 Å². The second-order valence-electron chi connectivity index (χ2n) is 7.51. The fourth-order valence-electron chi connectivity index (χ4n) is 4.60. The van der Waals surface area contributed by atoms with Crippen LogP contribution in [0.25, 0.3) is 0 Å². The number of fused-ring (bicyclic) bond motifs is 3. The van der Waals surface area contributed by atoms with Gasteiger partial charge in [-0.1, -0.05) is 6.07 Å². The average molecular weight is 347 g/mol. The highest BCUT2D eigenvalue weighted by atomic mass is 16.5. The third-order valence-electron chi connectivity index (χ3n) is 6.17. The van der Waals surface area contributed by atoms with Crippen LogP contribution in [0.2, 0.25) is 0 Å². The monoisotopic (exact) mass is 347 g/mol. The zero-order chi connectivity index (χ0) is 17.6. The second kappa shape index (κ2) is 6.27. The molecule has 3 fully saturated rings. The molecule has 0 aromatic heterocycles. The number of hydrogen-bond donors (Lipinski definition) is 2. The number of ether oxygens (including phenoxy) is 2. The smallest absolute Gasteiger partial charge is 0.254 e. The van der Waals surface area contributed by atoms with E-state index >= 15 is 0 Å². The Morgan fingerprint density at radius 1 is 1.28 bits per heavy atom. The van der Waals surface area contributed by atoms with Gasteiger partial charge >= 0.3 is 0 Å². The van der Waals surface area contributed by atoms with E-state index < -0.39 is 5.60 Å². The summed E-state index contributed by atoms with van der Waals surface area (Å²) in [6.45, 7) is 4.37. The van der Waals surface area contributed by atoms with E-state index in [2.05, 4.69) is 0 Å². The van der Waals surface area contributed by atoms with Gasteiger partial charge in [0.15, 0.2) is 0 Å². The van der Waals surface area contributed by atoms with Gasteiger partial charge in [0.2, 0.25) is 0 Å². The quantitative estimate of drug-likeness (QED) is 0.801. The van der Waals surface area contributed by atoms with Crippen molar-refractivity contribution < 1.29 is 24.5 Å². The van der Waals surface area contributed by atoms with Crippen molar-refractivity contribution in [1.29, 1.82) is 0 Å². The summed E-state index contributed by atoms with van der Waals surface area (Å²) in [6, 6.07) is 5.01. The number of carbonyl (C=O) groups excluding carboxylic acids is 1. The number of hydrogen-bond acceptors (Lipinski definition) is 5. The molecule has 0 aliphatic carbocycles. The minimum atomic E-state index is -0.824. The van der Waals surface area contributed by atoms with Crippen molar-refractivity contribution in [3.05, 3.63) is 29.3 Å². The molecule has 0 unspecified atom stereocenters. The van der Waals surface area contributed by atoms with Gasteiger partial charge in [0.25, 0.3) is 5.91 Å². The predicted octanol–water partition coefficient (Wildman–Crippen LogP) is 1.33. The number of aliphatic hydroxyl groups is 1. The van der Waals surface area contributed by atoms with Crippen molar-refractivity contribution in [2.75, 3.05) is 33.0 Å². The number of phenols is 1. The van der Waals surface area contributed by atoms with Gasteiger partial charge in [-0.05, 0) is 31.0 Å². The first-order valence-electron chi connectivity index (χ1n) is 8.99. The number of nitrogens with zero attached hydrogens (tertiary/aromatic N) is 1. The van der Waals surface area contributed by atoms with Crippen molar-refractivity contribution in [1.82, 2.24) is 4.90 Å². The molecule has 3 aliphatic heterocycles. The summed E-state index contributed by atoms with van der Waals surface area (Å²) in [7, 11) is 0. The maximum absolute atomic E-state index is 13.1. The zero-order valence-electron chi connectivity index (χ0n) is 14.5. The normalized spacial score (nSPS) is 35.0. The molecule has 3 saturated heterocycles. The number of likely N-dealkylation sites (tertiary alicyclic amines) is 1. The number of aromatic hydroxyl groups is 1. The van der Waals surface area contributed by atoms with Gasteiger partial charge in [-0.3, -0.25) is 4.79 Å². The number of aryl methyl sites for hydroxylation is 1. The number of phenolic OH excluding ortho intramolecular Hbond substituents is 1. The van der Waals surface area contributed by atoms with Crippen LogP contribution >= 0.6 is 0 Å². The molecule has 0 saturated carbocycles. The molecule has 25 heavy (non-hydrogen) atoms. The Morgan fingerprint density at radius 2 is 2.08 bits per heavy atom. The molecule has 4 rings (SSSR count). The number of carbonyl (C=O) groups is 1. The standard InChI is InChI=1S/C19H25NO5/c1-12-2-3-13(8-17(12)21)18(22)20-9-14-10-25-7-5-19(14,23)15-11-24-6-4-16(15)20/h2-3,8,14-16,21,23H,4-7,9-11H2,1H3/t14-,15+,16-,19-/m0/s1. The van der Waals surface area contributed by atoms with Crippen molar-refractivity contribution in [3.63, 3.8) is 0 Å². The maximum Gasteiger partial charge on any atom is 0.254 e. The number of rotatable bonds is 1. The molecule has 1 amide bonds. The number of piperidine rings is 1. The highest BCUT2D eigenvalue weighted by Gasteiger charge is 2.56. The van der Waals surface area contributed by atoms with Crippen LogP contribution in [-0.2, 0) is 9.47 Å². The van der Waals surface area contributed by atoms with Crippen LogP contribution in [0.1, 0.15) is 28.8 Å². The summed E-state index contributed by atoms with van der Waals surface area (Å²) in [5.74, 6) is -0.164. The molecule has 3 aliphatic rings. The Bertz CT molecular complexity index is 678. The van der Waals surface area contributed by atoms with Crippen LogP contribution < -0.4 is 0 Å². The van der Waals surface area contributed by atoms with E-state index in [9.17, 15) is 15.0 Å². The zero-order valence-corrected chi connectivity index (χ0v) is 14.5. The fraction of sp³-hybridized carbons (Fsp3) is 0.632. The van der Waals surface area contributed by atoms with E-state index in [1.54, 1.807) is 19.1 Å². The van der Waals surface area contributed by atoms with Crippen molar-refractivity contribution >= 4 is 5.91 Å². The lowest BCUT2D eigenvalue weighted by Crippen LogP contribution is -2.68. The molecule has 6 nitrogen and oxygen atoms in total. The lowest BCUT2D eigenvalue weighted by molar-refractivity contribution is -0.212. The molecule has 0 bridgehead atoms. The summed E-state index contributed by atoms with van der Waals surface area (Å²) < 4.78 is 11.2. The number of benzene rings is 1. The first-order chi connectivity index (χ1) is 12.0. The van der Waals surface area contributed by atoms with Crippen LogP contribution in [0.15, 0.2) is 18.2 Å². The molecular formula is C19H25NO5. The van der Waals surface area contributed by atoms with E-state index in [4.69, 9.17) is 9.47 Å². The fourth-order valence-corrected chi connectivity index (χ4v) is 4.60. The Labute approximate surface area is 147 Å². The van der Waals surface area contributed by atoms with Crippen molar-refractivity contribution in [3.8, 4) is 5.75 Å². The molecule has 1 aromatic rings. The van der Waals surface area contributed by atoms with Gasteiger partial charge in [-0.25, -0.2) is 0 Å². The Morgan fingerprint density at radius 3 is 2.88 bits per heavy atom. The van der Waals surface area contributed by atoms with Crippen LogP contribution in [0.5, 0.6) is 5.75 Å². The van der Waals surface area contributed by atoms with Gasteiger partial charge in [0.05, 0.1) is 18.8 Å². The van der Waals surface area contributed by atoms with Crippen LogP contribution in [-0.4, -0.2) is 65.6 Å². The SMILES string of the molecule is Cc1ccc(C(=O)N2C[C@H]3COCC[C@@]3(O)[C@@H]3COCC[C@@H]32)cc1O. The van der Waals surface area contributed by atoms with Gasteiger partial charge in [0.1, 0.15) is 5.75 Å². The summed E-state index contributed by atoms with van der Waals surface area (Å²) in [5.41, 5.74) is 0.403. The molecule has 4 atom stereocenters. The minimum absolute atomic E-state index is 0.0379. The molecule has 0 spiro atoms. The van der Waals surface area contributed by atoms with Crippen LogP contribution in [0.4, 0.5) is 0 Å². The van der Waals surface area contributed by atoms with Crippen molar-refractivity contribution in [2.24, 2.45) is 11.8 Å². The molecule has 2 N–H and O–H groups in total. The summed E-state index contributed by atoms with van der Waals surface area (Å²) in [4.78, 5) is 15.0. The molecule has 1 aromatic carbocycles. The average Bonchev–Trinajstić information content (AvgIpc) is 2.63. The Kier molecular flexibility index (Phi) is 4.22. The Balaban J connectivity index is 1.66. The predicted molar refractivity (Wildman–Crippen MR) is 90.5 cm³/mol. The van der Waals surface area contributed by atoms with Crippen molar-refractivity contribution in [2.45, 2.75) is 31.4 Å². The largest absolute Gasteiger partial charge is 0.508 e. The summed E-state index contributed by atoms with van der Waals surface area (Å²) in [5, 5.41) is 21.3. The molecule has 3 heterocycles. The lowest BCUT2D eigenvalue weighted by atomic mass is 9.66. The first kappa shape index (κ1) is 16.8. The van der Waals surface area contributed by atoms with Crippen LogP contribution in [0, 0.1) is 18.8 Å². The Hall–Kier alpha value is -1.63. The van der Waals surface area contributed by atoms with Gasteiger partial charge < -0.3 is 24.6 Å². The molecule has 0 radical (unpaired) electrons. The maximum atomic E-state index is 13.1. The third-order valence-corrected chi connectivity index (χ3v) is 6.17. The lowest BCUT2D eigenvalue weighted by Gasteiger charge is -2.57. The highest BCUT2D eigenvalue weighted by Crippen LogP contribution is 2.44. The van der Waals surface area contributed by atoms with Gasteiger partial charge in [0, 0.05) is 49.6 Å². The van der Waals surface area contributed by atoms with E-state index in [0.717, 1.165) is 12.0 Å². The first-order valence-corrected chi connectivity index (χ1v) is 8.99. The van der Waals surface area contributed by atoms with E-state index in [0.29, 0.717) is 45.0 Å². The molecular weight excluding hydrogens is 322 g/mol. The van der Waals surface area contributed by atoms with Crippen LogP contribution in [0.3, 0.4) is 0 Å². The topological polar surface area (TPSA) is 79.2 Å².